The fourth-order valence-corrected chi connectivity index (χ4v) is 5.01. The zero-order valence-corrected chi connectivity index (χ0v) is 20.6. The van der Waals surface area contributed by atoms with Crippen molar-refractivity contribution < 1.29 is 19.1 Å². The second-order valence-electron chi connectivity index (χ2n) is 10.7. The average molecular weight is 458 g/mol. The summed E-state index contributed by atoms with van der Waals surface area (Å²) in [6, 6.07) is 8.02. The highest BCUT2D eigenvalue weighted by Gasteiger charge is 2.44. The maximum absolute atomic E-state index is 13.6. The van der Waals surface area contributed by atoms with Gasteiger partial charge in [0.2, 0.25) is 5.91 Å². The minimum atomic E-state index is -0.619. The standard InChI is InChI=1S/C26H39N3O4/c1-19-8-5-11-21(16-19)32-22-17-23(29(18-22)25(31)33-26(2,3)4)24(30)28-13-7-12-27(14-15-28)20-9-6-10-20/h5,8,11,16,20,22-23H,6-7,9-10,12-15,17-18H2,1-4H3. The number of hydrogen-bond donors (Lipinski definition) is 0. The Morgan fingerprint density at radius 1 is 1.03 bits per heavy atom. The number of nitrogens with zero attached hydrogens (tertiary/aromatic N) is 3. The fourth-order valence-electron chi connectivity index (χ4n) is 5.01. The molecule has 1 aromatic carbocycles. The summed E-state index contributed by atoms with van der Waals surface area (Å²) in [6.45, 7) is 11.3. The van der Waals surface area contributed by atoms with E-state index in [0.29, 0.717) is 19.0 Å². The Kier molecular flexibility index (Phi) is 7.17. The lowest BCUT2D eigenvalue weighted by Crippen LogP contribution is -2.50. The molecule has 0 bridgehead atoms. The maximum atomic E-state index is 13.6. The molecule has 2 unspecified atom stereocenters. The first kappa shape index (κ1) is 23.9. The van der Waals surface area contributed by atoms with E-state index in [0.717, 1.165) is 43.9 Å². The molecule has 182 valence electrons. The average Bonchev–Trinajstić information content (AvgIpc) is 2.96. The predicted octanol–water partition coefficient (Wildman–Crippen LogP) is 3.84. The number of aryl methyl sites for hydroxylation is 1. The first-order chi connectivity index (χ1) is 15.7. The van der Waals surface area contributed by atoms with Crippen molar-refractivity contribution in [2.45, 2.75) is 83.6 Å². The summed E-state index contributed by atoms with van der Waals surface area (Å²) in [5, 5.41) is 0. The molecule has 3 aliphatic rings. The van der Waals surface area contributed by atoms with Crippen LogP contribution >= 0.6 is 0 Å². The van der Waals surface area contributed by atoms with Crippen LogP contribution < -0.4 is 4.74 Å². The summed E-state index contributed by atoms with van der Waals surface area (Å²) in [5.41, 5.74) is 0.495. The molecule has 0 spiro atoms. The maximum Gasteiger partial charge on any atom is 0.411 e. The third kappa shape index (κ3) is 5.99. The minimum Gasteiger partial charge on any atom is -0.488 e. The highest BCUT2D eigenvalue weighted by Crippen LogP contribution is 2.29. The van der Waals surface area contributed by atoms with Crippen molar-refractivity contribution >= 4 is 12.0 Å². The van der Waals surface area contributed by atoms with E-state index in [1.165, 1.54) is 19.3 Å². The minimum absolute atomic E-state index is 0.0201. The van der Waals surface area contributed by atoms with Gasteiger partial charge in [-0.05, 0) is 64.7 Å². The van der Waals surface area contributed by atoms with Crippen LogP contribution in [0.1, 0.15) is 58.4 Å². The normalized spacial score (nSPS) is 24.8. The zero-order chi connectivity index (χ0) is 23.6. The van der Waals surface area contributed by atoms with E-state index in [-0.39, 0.29) is 12.0 Å². The Bertz CT molecular complexity index is 848. The van der Waals surface area contributed by atoms with Crippen molar-refractivity contribution in [2.24, 2.45) is 0 Å². The predicted molar refractivity (Wildman–Crippen MR) is 127 cm³/mol. The van der Waals surface area contributed by atoms with Gasteiger partial charge in [0.15, 0.2) is 0 Å². The van der Waals surface area contributed by atoms with Gasteiger partial charge in [-0.25, -0.2) is 4.79 Å². The largest absolute Gasteiger partial charge is 0.488 e. The van der Waals surface area contributed by atoms with Crippen molar-refractivity contribution in [3.05, 3.63) is 29.8 Å². The van der Waals surface area contributed by atoms with Crippen LogP contribution in [-0.4, -0.2) is 83.2 Å². The summed E-state index contributed by atoms with van der Waals surface area (Å²) in [5.74, 6) is 0.787. The molecule has 0 aromatic heterocycles. The lowest BCUT2D eigenvalue weighted by Gasteiger charge is -2.37. The van der Waals surface area contributed by atoms with Crippen LogP contribution in [0.4, 0.5) is 4.79 Å². The first-order valence-corrected chi connectivity index (χ1v) is 12.5. The molecule has 7 heteroatoms. The number of rotatable bonds is 4. The lowest BCUT2D eigenvalue weighted by molar-refractivity contribution is -0.135. The second kappa shape index (κ2) is 9.92. The Balaban J connectivity index is 1.46. The van der Waals surface area contributed by atoms with Gasteiger partial charge in [-0.3, -0.25) is 14.6 Å². The van der Waals surface area contributed by atoms with Crippen molar-refractivity contribution in [1.29, 1.82) is 0 Å². The molecule has 1 saturated carbocycles. The first-order valence-electron chi connectivity index (χ1n) is 12.5. The van der Waals surface area contributed by atoms with E-state index in [9.17, 15) is 9.59 Å². The number of carbonyl (C=O) groups is 2. The van der Waals surface area contributed by atoms with Gasteiger partial charge in [-0.2, -0.15) is 0 Å². The van der Waals surface area contributed by atoms with Gasteiger partial charge in [-0.1, -0.05) is 18.6 Å². The monoisotopic (exact) mass is 457 g/mol. The van der Waals surface area contributed by atoms with Crippen LogP contribution in [0.5, 0.6) is 5.75 Å². The highest BCUT2D eigenvalue weighted by atomic mass is 16.6. The van der Waals surface area contributed by atoms with Gasteiger partial charge in [0.25, 0.3) is 0 Å². The molecular formula is C26H39N3O4. The molecule has 3 fully saturated rings. The molecule has 0 radical (unpaired) electrons. The molecular weight excluding hydrogens is 418 g/mol. The van der Waals surface area contributed by atoms with Crippen molar-refractivity contribution in [3.8, 4) is 5.75 Å². The number of carbonyl (C=O) groups excluding carboxylic acids is 2. The van der Waals surface area contributed by atoms with Gasteiger partial charge in [-0.15, -0.1) is 0 Å². The van der Waals surface area contributed by atoms with Crippen LogP contribution in [0.2, 0.25) is 0 Å². The van der Waals surface area contributed by atoms with Gasteiger partial charge in [0.05, 0.1) is 6.54 Å². The molecule has 1 aliphatic carbocycles. The molecule has 7 nitrogen and oxygen atoms in total. The molecule has 4 rings (SSSR count). The van der Waals surface area contributed by atoms with Crippen LogP contribution in [0.25, 0.3) is 0 Å². The van der Waals surface area contributed by atoms with E-state index in [4.69, 9.17) is 9.47 Å². The molecule has 0 N–H and O–H groups in total. The van der Waals surface area contributed by atoms with E-state index >= 15 is 0 Å². The number of amides is 2. The number of hydrogen-bond acceptors (Lipinski definition) is 5. The SMILES string of the molecule is Cc1cccc(OC2CC(C(=O)N3CCCN(C4CCC4)CC3)N(C(=O)OC(C)(C)C)C2)c1. The molecule has 2 amide bonds. The van der Waals surface area contributed by atoms with Crippen LogP contribution in [0, 0.1) is 6.92 Å². The molecule has 2 saturated heterocycles. The highest BCUT2D eigenvalue weighted by molar-refractivity contribution is 5.86. The second-order valence-corrected chi connectivity index (χ2v) is 10.7. The van der Waals surface area contributed by atoms with Crippen LogP contribution in [0.15, 0.2) is 24.3 Å². The number of benzene rings is 1. The molecule has 2 heterocycles. The lowest BCUT2D eigenvalue weighted by atomic mass is 9.91. The van der Waals surface area contributed by atoms with E-state index in [1.54, 1.807) is 4.90 Å². The van der Waals surface area contributed by atoms with Crippen LogP contribution in [0.3, 0.4) is 0 Å². The quantitative estimate of drug-likeness (QED) is 0.688. The van der Waals surface area contributed by atoms with Gasteiger partial charge < -0.3 is 14.4 Å². The molecule has 2 atom stereocenters. The zero-order valence-electron chi connectivity index (χ0n) is 20.6. The summed E-state index contributed by atoms with van der Waals surface area (Å²) in [6.07, 6.45) is 4.65. The van der Waals surface area contributed by atoms with Crippen molar-refractivity contribution in [2.75, 3.05) is 32.7 Å². The smallest absolute Gasteiger partial charge is 0.411 e. The topological polar surface area (TPSA) is 62.3 Å². The van der Waals surface area contributed by atoms with E-state index in [1.807, 2.05) is 56.9 Å². The summed E-state index contributed by atoms with van der Waals surface area (Å²) < 4.78 is 11.9. The molecule has 2 aliphatic heterocycles. The summed E-state index contributed by atoms with van der Waals surface area (Å²) >= 11 is 0. The summed E-state index contributed by atoms with van der Waals surface area (Å²) in [4.78, 5) is 32.8. The Labute approximate surface area is 198 Å². The van der Waals surface area contributed by atoms with Crippen LogP contribution in [-0.2, 0) is 9.53 Å². The van der Waals surface area contributed by atoms with Gasteiger partial charge in [0, 0.05) is 38.6 Å². The van der Waals surface area contributed by atoms with Crippen molar-refractivity contribution in [1.82, 2.24) is 14.7 Å². The Hall–Kier alpha value is -2.28. The number of ether oxygens (including phenoxy) is 2. The molecule has 1 aromatic rings. The fraction of sp³-hybridized carbons (Fsp3) is 0.692. The third-order valence-corrected chi connectivity index (χ3v) is 6.90. The summed E-state index contributed by atoms with van der Waals surface area (Å²) in [7, 11) is 0. The molecule has 33 heavy (non-hydrogen) atoms. The van der Waals surface area contributed by atoms with Crippen molar-refractivity contribution in [3.63, 3.8) is 0 Å². The van der Waals surface area contributed by atoms with Gasteiger partial charge in [0.1, 0.15) is 23.5 Å². The Morgan fingerprint density at radius 2 is 1.82 bits per heavy atom. The van der Waals surface area contributed by atoms with Gasteiger partial charge >= 0.3 is 6.09 Å². The number of likely N-dealkylation sites (tertiary alicyclic amines) is 1. The Morgan fingerprint density at radius 3 is 2.48 bits per heavy atom. The third-order valence-electron chi connectivity index (χ3n) is 6.90. The van der Waals surface area contributed by atoms with E-state index in [2.05, 4.69) is 4.90 Å². The van der Waals surface area contributed by atoms with E-state index < -0.39 is 17.7 Å².